The van der Waals surface area contributed by atoms with Crippen molar-refractivity contribution in [1.82, 2.24) is 9.80 Å². The average molecular weight is 331 g/mol. The minimum atomic E-state index is 0.0157. The van der Waals surface area contributed by atoms with E-state index in [2.05, 4.69) is 23.6 Å². The third-order valence-electron chi connectivity index (χ3n) is 3.08. The maximum absolute atomic E-state index is 12.5. The Morgan fingerprint density at radius 1 is 1.19 bits per heavy atom. The number of hydrogen-bond acceptors (Lipinski definition) is 3. The number of Topliss-reactive ketones (excluding diaryl/α,β-unsaturated/α-hetero) is 1. The second-order valence-electron chi connectivity index (χ2n) is 5.98. The molecule has 0 amide bonds. The van der Waals surface area contributed by atoms with Crippen molar-refractivity contribution in [2.24, 2.45) is 5.92 Å². The molecular formula is C16H24Cl2N2O. The molecule has 0 fully saturated rings. The monoisotopic (exact) mass is 330 g/mol. The van der Waals surface area contributed by atoms with Crippen molar-refractivity contribution in [3.05, 3.63) is 33.8 Å². The van der Waals surface area contributed by atoms with Gasteiger partial charge in [-0.15, -0.1) is 0 Å². The van der Waals surface area contributed by atoms with Gasteiger partial charge in [-0.2, -0.15) is 0 Å². The van der Waals surface area contributed by atoms with Crippen LogP contribution in [0.4, 0.5) is 0 Å². The molecule has 118 valence electrons. The Kier molecular flexibility index (Phi) is 7.67. The molecule has 0 saturated carbocycles. The van der Waals surface area contributed by atoms with Crippen LogP contribution in [0.3, 0.4) is 0 Å². The van der Waals surface area contributed by atoms with Gasteiger partial charge in [0.15, 0.2) is 5.78 Å². The highest BCUT2D eigenvalue weighted by Gasteiger charge is 2.16. The molecule has 0 aliphatic heterocycles. The van der Waals surface area contributed by atoms with Crippen LogP contribution in [-0.4, -0.2) is 55.9 Å². The molecule has 1 aromatic rings. The van der Waals surface area contributed by atoms with Gasteiger partial charge in [0.2, 0.25) is 0 Å². The highest BCUT2D eigenvalue weighted by molar-refractivity contribution is 6.36. The van der Waals surface area contributed by atoms with E-state index in [-0.39, 0.29) is 5.78 Å². The minimum absolute atomic E-state index is 0.0157. The summed E-state index contributed by atoms with van der Waals surface area (Å²) in [5.41, 5.74) is 0.503. The van der Waals surface area contributed by atoms with Crippen molar-refractivity contribution in [2.45, 2.75) is 13.8 Å². The summed E-state index contributed by atoms with van der Waals surface area (Å²) in [5, 5.41) is 0.993. The Balaban J connectivity index is 2.76. The van der Waals surface area contributed by atoms with Crippen LogP contribution in [-0.2, 0) is 0 Å². The molecule has 0 saturated heterocycles. The molecular weight excluding hydrogens is 307 g/mol. The Labute approximate surface area is 137 Å². The number of nitrogens with zero attached hydrogens (tertiary/aromatic N) is 2. The fourth-order valence-electron chi connectivity index (χ4n) is 2.09. The van der Waals surface area contributed by atoms with Gasteiger partial charge in [0.25, 0.3) is 0 Å². The number of halogens is 2. The number of ketones is 1. The van der Waals surface area contributed by atoms with Crippen LogP contribution in [0.2, 0.25) is 10.0 Å². The van der Waals surface area contributed by atoms with E-state index in [0.29, 0.717) is 28.1 Å². The molecule has 0 bridgehead atoms. The second-order valence-corrected chi connectivity index (χ2v) is 6.82. The highest BCUT2D eigenvalue weighted by Crippen LogP contribution is 2.21. The quantitative estimate of drug-likeness (QED) is 0.679. The van der Waals surface area contributed by atoms with Crippen molar-refractivity contribution < 1.29 is 4.79 Å². The normalized spacial score (nSPS) is 11.7. The fourth-order valence-corrected chi connectivity index (χ4v) is 2.49. The highest BCUT2D eigenvalue weighted by atomic mass is 35.5. The lowest BCUT2D eigenvalue weighted by Crippen LogP contribution is -2.38. The molecule has 0 aromatic heterocycles. The van der Waals surface area contributed by atoms with Gasteiger partial charge in [-0.25, -0.2) is 0 Å². The van der Waals surface area contributed by atoms with E-state index in [9.17, 15) is 4.79 Å². The van der Waals surface area contributed by atoms with Gasteiger partial charge in [-0.3, -0.25) is 9.69 Å². The van der Waals surface area contributed by atoms with Crippen molar-refractivity contribution >= 4 is 29.0 Å². The zero-order valence-corrected chi connectivity index (χ0v) is 14.7. The summed E-state index contributed by atoms with van der Waals surface area (Å²) in [5.74, 6) is 0.525. The minimum Gasteiger partial charge on any atom is -0.308 e. The molecule has 0 heterocycles. The Morgan fingerprint density at radius 3 is 2.43 bits per heavy atom. The smallest absolute Gasteiger partial charge is 0.178 e. The number of carbonyl (C=O) groups excluding carboxylic acids is 1. The predicted molar refractivity (Wildman–Crippen MR) is 90.6 cm³/mol. The SMILES string of the molecule is CC(C)CN(CCN(C)C)CC(=O)c1cc(Cl)ccc1Cl. The first-order valence-electron chi connectivity index (χ1n) is 7.15. The first-order valence-corrected chi connectivity index (χ1v) is 7.90. The zero-order chi connectivity index (χ0) is 16.0. The molecule has 0 spiro atoms. The van der Waals surface area contributed by atoms with Crippen LogP contribution in [0.25, 0.3) is 0 Å². The molecule has 0 radical (unpaired) electrons. The van der Waals surface area contributed by atoms with Gasteiger partial charge in [-0.05, 0) is 38.2 Å². The average Bonchev–Trinajstić information content (AvgIpc) is 2.38. The fraction of sp³-hybridized carbons (Fsp3) is 0.562. The third-order valence-corrected chi connectivity index (χ3v) is 3.65. The molecule has 0 N–H and O–H groups in total. The van der Waals surface area contributed by atoms with Gasteiger partial charge in [-0.1, -0.05) is 37.0 Å². The summed E-state index contributed by atoms with van der Waals surface area (Å²) in [6.45, 7) is 7.33. The van der Waals surface area contributed by atoms with Crippen molar-refractivity contribution in [1.29, 1.82) is 0 Å². The largest absolute Gasteiger partial charge is 0.308 e. The van der Waals surface area contributed by atoms with Gasteiger partial charge < -0.3 is 4.90 Å². The lowest BCUT2D eigenvalue weighted by atomic mass is 10.1. The van der Waals surface area contributed by atoms with Crippen molar-refractivity contribution in [3.8, 4) is 0 Å². The van der Waals surface area contributed by atoms with E-state index >= 15 is 0 Å². The summed E-state index contributed by atoms with van der Waals surface area (Å²) in [4.78, 5) is 16.7. The van der Waals surface area contributed by atoms with Crippen LogP contribution < -0.4 is 0 Å². The van der Waals surface area contributed by atoms with Crippen LogP contribution in [0.15, 0.2) is 18.2 Å². The van der Waals surface area contributed by atoms with Crippen LogP contribution >= 0.6 is 23.2 Å². The first kappa shape index (κ1) is 18.4. The number of benzene rings is 1. The maximum Gasteiger partial charge on any atom is 0.178 e. The number of hydrogen-bond donors (Lipinski definition) is 0. The van der Waals surface area contributed by atoms with E-state index in [1.165, 1.54) is 0 Å². The summed E-state index contributed by atoms with van der Waals surface area (Å²) in [7, 11) is 4.06. The standard InChI is InChI=1S/C16H24Cl2N2O/c1-12(2)10-20(8-7-19(3)4)11-16(21)14-9-13(17)5-6-15(14)18/h5-6,9,12H,7-8,10-11H2,1-4H3. The Hall–Kier alpha value is -0.610. The third kappa shape index (κ3) is 6.79. The van der Waals surface area contributed by atoms with Crippen LogP contribution in [0.1, 0.15) is 24.2 Å². The zero-order valence-electron chi connectivity index (χ0n) is 13.2. The molecule has 0 atom stereocenters. The van der Waals surface area contributed by atoms with Crippen molar-refractivity contribution in [3.63, 3.8) is 0 Å². The summed E-state index contributed by atoms with van der Waals surface area (Å²) < 4.78 is 0. The summed E-state index contributed by atoms with van der Waals surface area (Å²) >= 11 is 12.1. The van der Waals surface area contributed by atoms with Crippen LogP contribution in [0.5, 0.6) is 0 Å². The Bertz CT molecular complexity index is 475. The van der Waals surface area contributed by atoms with E-state index in [1.807, 2.05) is 14.1 Å². The molecule has 0 unspecified atom stereocenters. The van der Waals surface area contributed by atoms with Gasteiger partial charge in [0.05, 0.1) is 11.6 Å². The van der Waals surface area contributed by atoms with E-state index < -0.39 is 0 Å². The number of carbonyl (C=O) groups is 1. The van der Waals surface area contributed by atoms with Gasteiger partial charge in [0.1, 0.15) is 0 Å². The predicted octanol–water partition coefficient (Wildman–Crippen LogP) is 3.70. The molecule has 21 heavy (non-hydrogen) atoms. The second kappa shape index (κ2) is 8.74. The molecule has 1 rings (SSSR count). The van der Waals surface area contributed by atoms with Gasteiger partial charge in [0, 0.05) is 30.2 Å². The molecule has 0 aliphatic rings. The van der Waals surface area contributed by atoms with E-state index in [0.717, 1.165) is 19.6 Å². The van der Waals surface area contributed by atoms with E-state index in [4.69, 9.17) is 23.2 Å². The lowest BCUT2D eigenvalue weighted by molar-refractivity contribution is 0.0916. The molecule has 5 heteroatoms. The molecule has 1 aromatic carbocycles. The van der Waals surface area contributed by atoms with Crippen LogP contribution in [0, 0.1) is 5.92 Å². The number of rotatable bonds is 8. The molecule has 0 aliphatic carbocycles. The lowest BCUT2D eigenvalue weighted by Gasteiger charge is -2.25. The summed E-state index contributed by atoms with van der Waals surface area (Å²) in [6.07, 6.45) is 0. The first-order chi connectivity index (χ1) is 9.79. The van der Waals surface area contributed by atoms with Crippen molar-refractivity contribution in [2.75, 3.05) is 40.3 Å². The number of likely N-dealkylation sites (N-methyl/N-ethyl adjacent to an activating group) is 1. The summed E-state index contributed by atoms with van der Waals surface area (Å²) in [6, 6.07) is 5.01. The maximum atomic E-state index is 12.5. The van der Waals surface area contributed by atoms with Gasteiger partial charge >= 0.3 is 0 Å². The topological polar surface area (TPSA) is 23.6 Å². The molecule has 3 nitrogen and oxygen atoms in total. The van der Waals surface area contributed by atoms with E-state index in [1.54, 1.807) is 18.2 Å². The Morgan fingerprint density at radius 2 is 1.86 bits per heavy atom.